The minimum Gasteiger partial charge on any atom is -0.367 e. The third kappa shape index (κ3) is 4.06. The highest BCUT2D eigenvalue weighted by molar-refractivity contribution is 5.78. The summed E-state index contributed by atoms with van der Waals surface area (Å²) in [5, 5.41) is 8.94. The molecule has 1 aliphatic carbocycles. The molecule has 176 valence electrons. The van der Waals surface area contributed by atoms with Crippen molar-refractivity contribution in [3.63, 3.8) is 0 Å². The largest absolute Gasteiger partial charge is 0.421 e. The van der Waals surface area contributed by atoms with Gasteiger partial charge in [-0.3, -0.25) is 0 Å². The lowest BCUT2D eigenvalue weighted by molar-refractivity contribution is -0.137. The minimum atomic E-state index is -4.53. The molecule has 2 aliphatic heterocycles. The van der Waals surface area contributed by atoms with Gasteiger partial charge in [0.15, 0.2) is 0 Å². The Balaban J connectivity index is 1.38. The molecule has 7 nitrogen and oxygen atoms in total. The number of aromatic nitrogens is 2. The van der Waals surface area contributed by atoms with Crippen LogP contribution in [0, 0.1) is 0 Å². The molecule has 1 aromatic carbocycles. The van der Waals surface area contributed by atoms with Crippen molar-refractivity contribution in [3.8, 4) is 0 Å². The fourth-order valence-corrected chi connectivity index (χ4v) is 4.91. The van der Waals surface area contributed by atoms with Crippen LogP contribution in [0.4, 0.5) is 35.4 Å². The van der Waals surface area contributed by atoms with E-state index in [-0.39, 0.29) is 42.0 Å². The van der Waals surface area contributed by atoms with Gasteiger partial charge in [0.25, 0.3) is 0 Å². The van der Waals surface area contributed by atoms with Gasteiger partial charge in [-0.2, -0.15) is 18.2 Å². The predicted octanol–water partition coefficient (Wildman–Crippen LogP) is 5.51. The van der Waals surface area contributed by atoms with E-state index in [0.717, 1.165) is 49.4 Å². The summed E-state index contributed by atoms with van der Waals surface area (Å²) >= 11 is 0. The number of nitrogens with zero attached hydrogens (tertiary/aromatic N) is 3. The third-order valence-electron chi connectivity index (χ3n) is 6.63. The Morgan fingerprint density at radius 3 is 2.48 bits per heavy atom. The molecule has 2 aromatic rings. The Morgan fingerprint density at radius 1 is 1.12 bits per heavy atom. The van der Waals surface area contributed by atoms with Crippen molar-refractivity contribution in [2.75, 3.05) is 10.6 Å². The van der Waals surface area contributed by atoms with Crippen LogP contribution in [0.15, 0.2) is 24.4 Å². The smallest absolute Gasteiger partial charge is 0.367 e. The van der Waals surface area contributed by atoms with Crippen molar-refractivity contribution < 1.29 is 18.0 Å². The van der Waals surface area contributed by atoms with Gasteiger partial charge in [0.2, 0.25) is 5.95 Å². The van der Waals surface area contributed by atoms with Crippen LogP contribution in [0.2, 0.25) is 0 Å². The molecule has 2 bridgehead atoms. The number of hydrogen-bond acceptors (Lipinski definition) is 5. The van der Waals surface area contributed by atoms with Crippen LogP contribution >= 0.6 is 0 Å². The number of hydrogen-bond donors (Lipinski definition) is 3. The summed E-state index contributed by atoms with van der Waals surface area (Å²) in [4.78, 5) is 22.7. The zero-order chi connectivity index (χ0) is 23.3. The molecule has 0 spiro atoms. The van der Waals surface area contributed by atoms with Gasteiger partial charge < -0.3 is 20.9 Å². The summed E-state index contributed by atoms with van der Waals surface area (Å²) in [6, 6.07) is 5.83. The maximum Gasteiger partial charge on any atom is 0.421 e. The highest BCUT2D eigenvalue weighted by Crippen LogP contribution is 2.53. The van der Waals surface area contributed by atoms with Crippen molar-refractivity contribution >= 4 is 23.5 Å². The quantitative estimate of drug-likeness (QED) is 0.548. The van der Waals surface area contributed by atoms with Crippen molar-refractivity contribution in [1.82, 2.24) is 20.2 Å². The molecular weight excluding hydrogens is 433 g/mol. The van der Waals surface area contributed by atoms with Crippen LogP contribution in [0.1, 0.15) is 74.7 Å². The third-order valence-corrected chi connectivity index (χ3v) is 6.63. The highest BCUT2D eigenvalue weighted by atomic mass is 19.4. The average Bonchev–Trinajstić information content (AvgIpc) is 3.26. The first-order valence-electron chi connectivity index (χ1n) is 11.4. The summed E-state index contributed by atoms with van der Waals surface area (Å²) in [7, 11) is 0. The predicted molar refractivity (Wildman–Crippen MR) is 118 cm³/mol. The summed E-state index contributed by atoms with van der Waals surface area (Å²) in [6.07, 6.45) is 0.767. The van der Waals surface area contributed by atoms with Crippen LogP contribution < -0.4 is 16.0 Å². The average molecular weight is 461 g/mol. The fraction of sp³-hybridized carbons (Fsp3) is 0.522. The van der Waals surface area contributed by atoms with Gasteiger partial charge >= 0.3 is 12.2 Å². The van der Waals surface area contributed by atoms with E-state index in [1.807, 2.05) is 36.9 Å². The van der Waals surface area contributed by atoms with Crippen molar-refractivity contribution in [3.05, 3.63) is 41.1 Å². The summed E-state index contributed by atoms with van der Waals surface area (Å²) < 4.78 is 40.3. The SMILES string of the molecule is CC(C)NC(=O)N1C2CCC1c1cc(Nc3ncc(C(F)(F)F)c(NC4CCC4)n3)ccc12. The molecule has 2 amide bonds. The van der Waals surface area contributed by atoms with Gasteiger partial charge in [0.1, 0.15) is 11.4 Å². The summed E-state index contributed by atoms with van der Waals surface area (Å²) in [5.74, 6) is -0.0937. The van der Waals surface area contributed by atoms with Gasteiger partial charge in [-0.05, 0) is 69.2 Å². The van der Waals surface area contributed by atoms with Crippen LogP contribution in [-0.4, -0.2) is 33.0 Å². The van der Waals surface area contributed by atoms with Crippen LogP contribution in [-0.2, 0) is 6.18 Å². The number of carbonyl (C=O) groups excluding carboxylic acids is 1. The zero-order valence-electron chi connectivity index (χ0n) is 18.5. The number of carbonyl (C=O) groups is 1. The second-order valence-corrected chi connectivity index (χ2v) is 9.31. The Morgan fingerprint density at radius 2 is 1.85 bits per heavy atom. The molecule has 3 aliphatic rings. The van der Waals surface area contributed by atoms with E-state index in [0.29, 0.717) is 5.69 Å². The van der Waals surface area contributed by atoms with Gasteiger partial charge in [-0.25, -0.2) is 9.78 Å². The molecule has 2 fully saturated rings. The number of rotatable bonds is 5. The summed E-state index contributed by atoms with van der Waals surface area (Å²) in [6.45, 7) is 3.87. The molecule has 1 aromatic heterocycles. The van der Waals surface area contributed by atoms with Crippen LogP contribution in [0.5, 0.6) is 0 Å². The molecule has 2 atom stereocenters. The Labute approximate surface area is 190 Å². The van der Waals surface area contributed by atoms with E-state index in [4.69, 9.17) is 0 Å². The minimum absolute atomic E-state index is 0.00475. The number of halogens is 3. The number of anilines is 3. The lowest BCUT2D eigenvalue weighted by Gasteiger charge is -2.28. The molecule has 1 saturated heterocycles. The van der Waals surface area contributed by atoms with Crippen molar-refractivity contribution in [1.29, 1.82) is 0 Å². The lowest BCUT2D eigenvalue weighted by atomic mass is 9.91. The molecule has 10 heteroatoms. The van der Waals surface area contributed by atoms with E-state index in [9.17, 15) is 18.0 Å². The molecule has 3 heterocycles. The molecular formula is C23H27F3N6O. The number of urea groups is 1. The topological polar surface area (TPSA) is 82.2 Å². The maximum atomic E-state index is 13.4. The van der Waals surface area contributed by atoms with Gasteiger partial charge in [-0.15, -0.1) is 0 Å². The maximum absolute atomic E-state index is 13.4. The summed E-state index contributed by atoms with van der Waals surface area (Å²) in [5.41, 5.74) is 2.00. The van der Waals surface area contributed by atoms with E-state index in [1.54, 1.807) is 0 Å². The molecule has 33 heavy (non-hydrogen) atoms. The molecule has 2 unspecified atom stereocenters. The molecule has 3 N–H and O–H groups in total. The highest BCUT2D eigenvalue weighted by Gasteiger charge is 2.46. The van der Waals surface area contributed by atoms with Crippen LogP contribution in [0.3, 0.4) is 0 Å². The normalized spacial score (nSPS) is 21.7. The van der Waals surface area contributed by atoms with Gasteiger partial charge in [0, 0.05) is 24.0 Å². The number of fused-ring (bicyclic) bond motifs is 5. The van der Waals surface area contributed by atoms with Crippen molar-refractivity contribution in [2.24, 2.45) is 0 Å². The number of nitrogens with one attached hydrogen (secondary N) is 3. The van der Waals surface area contributed by atoms with E-state index in [2.05, 4.69) is 25.9 Å². The second-order valence-electron chi connectivity index (χ2n) is 9.31. The first-order valence-corrected chi connectivity index (χ1v) is 11.4. The van der Waals surface area contributed by atoms with E-state index >= 15 is 0 Å². The van der Waals surface area contributed by atoms with E-state index < -0.39 is 11.7 Å². The first-order chi connectivity index (χ1) is 15.7. The fourth-order valence-electron chi connectivity index (χ4n) is 4.91. The van der Waals surface area contributed by atoms with E-state index in [1.165, 1.54) is 0 Å². The lowest BCUT2D eigenvalue weighted by Crippen LogP contribution is -2.41. The molecule has 5 rings (SSSR count). The van der Waals surface area contributed by atoms with Crippen molar-refractivity contribution in [2.45, 2.75) is 76.3 Å². The first kappa shape index (κ1) is 21.8. The molecule has 0 radical (unpaired) electrons. The van der Waals surface area contributed by atoms with Gasteiger partial charge in [-0.1, -0.05) is 6.07 Å². The monoisotopic (exact) mass is 460 g/mol. The number of amides is 2. The second kappa shape index (κ2) is 8.07. The Hall–Kier alpha value is -3.04. The Kier molecular flexibility index (Phi) is 5.33. The number of benzene rings is 1. The zero-order valence-corrected chi connectivity index (χ0v) is 18.5. The number of alkyl halides is 3. The Bertz CT molecular complexity index is 1070. The standard InChI is InChI=1S/C23H27F3N6O/c1-12(2)28-22(33)32-18-8-9-19(32)16-10-14(6-7-15(16)18)30-21-27-11-17(23(24,25)26)20(31-21)29-13-4-3-5-13/h6-7,10-13,18-19H,3-5,8-9H2,1-2H3,(H,28,33)(H2,27,29,30,31). The molecule has 1 saturated carbocycles. The van der Waals surface area contributed by atoms with Gasteiger partial charge in [0.05, 0.1) is 12.1 Å². The van der Waals surface area contributed by atoms with Crippen LogP contribution in [0.25, 0.3) is 0 Å².